The lowest BCUT2D eigenvalue weighted by molar-refractivity contribution is -0.122. The van der Waals surface area contributed by atoms with Gasteiger partial charge in [0.25, 0.3) is 0 Å². The highest BCUT2D eigenvalue weighted by molar-refractivity contribution is 5.75. The largest absolute Gasteiger partial charge is 0.457 e. The number of carbonyl (C=O) groups is 1. The third-order valence-corrected chi connectivity index (χ3v) is 5.04. The maximum absolute atomic E-state index is 13.0. The van der Waals surface area contributed by atoms with E-state index >= 15 is 0 Å². The van der Waals surface area contributed by atoms with E-state index in [4.69, 9.17) is 4.74 Å². The number of rotatable bonds is 6. The summed E-state index contributed by atoms with van der Waals surface area (Å²) in [6.45, 7) is 0.907. The number of hydrogen-bond acceptors (Lipinski definition) is 4. The highest BCUT2D eigenvalue weighted by Gasteiger charge is 2.17. The Morgan fingerprint density at radius 1 is 1.03 bits per heavy atom. The van der Waals surface area contributed by atoms with Crippen molar-refractivity contribution in [2.24, 2.45) is 0 Å². The number of aromatic nitrogens is 3. The molecule has 2 heterocycles. The summed E-state index contributed by atoms with van der Waals surface area (Å²) in [6.07, 6.45) is 3.85. The van der Waals surface area contributed by atoms with Gasteiger partial charge in [0, 0.05) is 19.5 Å². The number of nitrogens with zero attached hydrogens (tertiary/aromatic N) is 3. The molecular formula is C22H23FN4O3. The van der Waals surface area contributed by atoms with Crippen molar-refractivity contribution >= 4 is 5.91 Å². The molecule has 0 saturated carbocycles. The lowest BCUT2D eigenvalue weighted by atomic mass is 10.2. The molecular weight excluding hydrogens is 387 g/mol. The maximum Gasteiger partial charge on any atom is 0.346 e. The van der Waals surface area contributed by atoms with Gasteiger partial charge >= 0.3 is 5.69 Å². The van der Waals surface area contributed by atoms with E-state index in [0.717, 1.165) is 37.1 Å². The Bertz CT molecular complexity index is 1070. The van der Waals surface area contributed by atoms with Crippen LogP contribution in [-0.4, -0.2) is 20.3 Å². The fraction of sp³-hybridized carbons (Fsp3) is 0.318. The topological polar surface area (TPSA) is 78.2 Å². The van der Waals surface area contributed by atoms with Crippen LogP contribution < -0.4 is 15.7 Å². The number of aryl methyl sites for hydroxylation is 1. The van der Waals surface area contributed by atoms with E-state index < -0.39 is 0 Å². The molecule has 0 bridgehead atoms. The van der Waals surface area contributed by atoms with Crippen molar-refractivity contribution in [3.05, 3.63) is 76.2 Å². The minimum atomic E-state index is -0.318. The van der Waals surface area contributed by atoms with Crippen LogP contribution in [0.3, 0.4) is 0 Å². The summed E-state index contributed by atoms with van der Waals surface area (Å²) in [4.78, 5) is 24.7. The number of ether oxygens (including phenoxy) is 1. The highest BCUT2D eigenvalue weighted by Crippen LogP contribution is 2.21. The third kappa shape index (κ3) is 4.76. The molecule has 1 aliphatic heterocycles. The molecule has 1 amide bonds. The molecule has 7 nitrogen and oxygen atoms in total. The van der Waals surface area contributed by atoms with Crippen LogP contribution >= 0.6 is 0 Å². The molecule has 0 saturated heterocycles. The molecule has 30 heavy (non-hydrogen) atoms. The predicted molar refractivity (Wildman–Crippen MR) is 109 cm³/mol. The normalized spacial score (nSPS) is 13.4. The second-order valence-electron chi connectivity index (χ2n) is 7.30. The molecule has 0 fully saturated rings. The fourth-order valence-corrected chi connectivity index (χ4v) is 3.43. The van der Waals surface area contributed by atoms with Gasteiger partial charge in [-0.2, -0.15) is 5.10 Å². The molecule has 8 heteroatoms. The van der Waals surface area contributed by atoms with Gasteiger partial charge < -0.3 is 10.1 Å². The van der Waals surface area contributed by atoms with Crippen LogP contribution in [0.2, 0.25) is 0 Å². The van der Waals surface area contributed by atoms with E-state index in [-0.39, 0.29) is 24.0 Å². The molecule has 1 aromatic heterocycles. The zero-order chi connectivity index (χ0) is 20.9. The third-order valence-electron chi connectivity index (χ3n) is 5.04. The molecule has 3 aromatic rings. The van der Waals surface area contributed by atoms with Crippen LogP contribution in [0.4, 0.5) is 4.39 Å². The number of carbonyl (C=O) groups excluding carboxylic acids is 1. The van der Waals surface area contributed by atoms with Crippen LogP contribution in [0.1, 0.15) is 30.7 Å². The number of fused-ring (bicyclic) bond motifs is 1. The van der Waals surface area contributed by atoms with Gasteiger partial charge in [-0.3, -0.25) is 9.36 Å². The van der Waals surface area contributed by atoms with E-state index in [0.29, 0.717) is 24.6 Å². The lowest BCUT2D eigenvalue weighted by Gasteiger charge is -2.08. The number of nitrogens with one attached hydrogen (secondary N) is 1. The minimum absolute atomic E-state index is 0.0927. The molecule has 0 aliphatic carbocycles. The summed E-state index contributed by atoms with van der Waals surface area (Å²) in [5.41, 5.74) is 0.673. The van der Waals surface area contributed by atoms with E-state index in [1.165, 1.54) is 16.8 Å². The summed E-state index contributed by atoms with van der Waals surface area (Å²) in [5.74, 6) is 1.34. The zero-order valence-corrected chi connectivity index (χ0v) is 16.5. The van der Waals surface area contributed by atoms with Crippen molar-refractivity contribution < 1.29 is 13.9 Å². The monoisotopic (exact) mass is 410 g/mol. The summed E-state index contributed by atoms with van der Waals surface area (Å²) >= 11 is 0. The Hall–Kier alpha value is -3.42. The molecule has 0 spiro atoms. The van der Waals surface area contributed by atoms with Gasteiger partial charge in [-0.25, -0.2) is 13.9 Å². The Balaban J connectivity index is 1.31. The fourth-order valence-electron chi connectivity index (χ4n) is 3.43. The maximum atomic E-state index is 13.0. The van der Waals surface area contributed by atoms with Gasteiger partial charge in [0.2, 0.25) is 5.91 Å². The van der Waals surface area contributed by atoms with Gasteiger partial charge in [0.15, 0.2) is 0 Å². The Kier molecular flexibility index (Phi) is 5.92. The summed E-state index contributed by atoms with van der Waals surface area (Å²) in [7, 11) is 0. The van der Waals surface area contributed by atoms with Crippen LogP contribution in [0.5, 0.6) is 11.5 Å². The second kappa shape index (κ2) is 8.94. The summed E-state index contributed by atoms with van der Waals surface area (Å²) in [5, 5.41) is 7.14. The summed E-state index contributed by atoms with van der Waals surface area (Å²) < 4.78 is 21.5. The molecule has 2 aromatic carbocycles. The lowest BCUT2D eigenvalue weighted by Crippen LogP contribution is -2.33. The van der Waals surface area contributed by atoms with Crippen LogP contribution in [0.25, 0.3) is 0 Å². The van der Waals surface area contributed by atoms with Gasteiger partial charge in [-0.05, 0) is 54.8 Å². The smallest absolute Gasteiger partial charge is 0.346 e. The van der Waals surface area contributed by atoms with E-state index in [1.807, 2.05) is 12.1 Å². The van der Waals surface area contributed by atoms with Gasteiger partial charge in [-0.1, -0.05) is 18.6 Å². The predicted octanol–water partition coefficient (Wildman–Crippen LogP) is 3.02. The van der Waals surface area contributed by atoms with Crippen molar-refractivity contribution in [2.75, 3.05) is 0 Å². The Morgan fingerprint density at radius 3 is 2.47 bits per heavy atom. The number of amides is 1. The Labute approximate surface area is 173 Å². The summed E-state index contributed by atoms with van der Waals surface area (Å²) in [6, 6.07) is 13.0. The molecule has 0 unspecified atom stereocenters. The first-order chi connectivity index (χ1) is 14.6. The molecule has 1 N–H and O–H groups in total. The van der Waals surface area contributed by atoms with Gasteiger partial charge in [0.05, 0.1) is 0 Å². The van der Waals surface area contributed by atoms with Crippen molar-refractivity contribution in [1.82, 2.24) is 19.7 Å². The molecule has 1 aliphatic rings. The number of benzene rings is 2. The van der Waals surface area contributed by atoms with Crippen molar-refractivity contribution in [3.63, 3.8) is 0 Å². The van der Waals surface area contributed by atoms with Crippen molar-refractivity contribution in [1.29, 1.82) is 0 Å². The quantitative estimate of drug-likeness (QED) is 0.678. The average Bonchev–Trinajstić information content (AvgIpc) is 2.91. The first-order valence-electron chi connectivity index (χ1n) is 10.0. The number of halogens is 1. The first-order valence-corrected chi connectivity index (χ1v) is 10.0. The standard InChI is InChI=1S/C22H23FN4O3/c23-17-7-11-19(12-8-17)30-18-9-5-16(6-10-18)14-24-21(28)15-27-22(29)26-13-3-1-2-4-20(26)25-27/h5-12H,1-4,13-15H2,(H,24,28). The molecule has 0 atom stereocenters. The van der Waals surface area contributed by atoms with Crippen LogP contribution in [0, 0.1) is 5.82 Å². The van der Waals surface area contributed by atoms with Gasteiger partial charge in [0.1, 0.15) is 29.7 Å². The van der Waals surface area contributed by atoms with Crippen molar-refractivity contribution in [2.45, 2.75) is 45.3 Å². The van der Waals surface area contributed by atoms with E-state index in [2.05, 4.69) is 10.4 Å². The molecule has 4 rings (SSSR count). The first kappa shape index (κ1) is 19.9. The Morgan fingerprint density at radius 2 is 1.73 bits per heavy atom. The SMILES string of the molecule is O=C(Cn1nc2n(c1=O)CCCCC2)NCc1ccc(Oc2ccc(F)cc2)cc1. The van der Waals surface area contributed by atoms with Crippen LogP contribution in [-0.2, 0) is 30.8 Å². The molecule has 0 radical (unpaired) electrons. The molecule has 156 valence electrons. The van der Waals surface area contributed by atoms with E-state index in [1.54, 1.807) is 28.8 Å². The highest BCUT2D eigenvalue weighted by atomic mass is 19.1. The minimum Gasteiger partial charge on any atom is -0.457 e. The van der Waals surface area contributed by atoms with Gasteiger partial charge in [-0.15, -0.1) is 0 Å². The van der Waals surface area contributed by atoms with Crippen LogP contribution in [0.15, 0.2) is 53.3 Å². The number of hydrogen-bond donors (Lipinski definition) is 1. The average molecular weight is 410 g/mol. The zero-order valence-electron chi connectivity index (χ0n) is 16.5. The van der Waals surface area contributed by atoms with Crippen molar-refractivity contribution in [3.8, 4) is 11.5 Å². The second-order valence-corrected chi connectivity index (χ2v) is 7.30. The van der Waals surface area contributed by atoms with E-state index in [9.17, 15) is 14.0 Å².